The monoisotopic (exact) mass is 261 g/mol. The van der Waals surface area contributed by atoms with Crippen molar-refractivity contribution in [2.45, 2.75) is 5.92 Å². The lowest BCUT2D eigenvalue weighted by atomic mass is 10.0. The molecule has 1 unspecified atom stereocenters. The predicted octanol–water partition coefficient (Wildman–Crippen LogP) is 3.55. The molecule has 2 aromatic carbocycles. The lowest BCUT2D eigenvalue weighted by Gasteiger charge is -2.11. The Kier molecular flexibility index (Phi) is 3.07. The molecule has 4 heteroatoms. The van der Waals surface area contributed by atoms with Crippen molar-refractivity contribution in [2.24, 2.45) is 0 Å². The van der Waals surface area contributed by atoms with Gasteiger partial charge < -0.3 is 10.1 Å². The normalized spacial score (nSPS) is 16.8. The first-order chi connectivity index (χ1) is 9.22. The summed E-state index contributed by atoms with van der Waals surface area (Å²) in [4.78, 5) is 0. The van der Waals surface area contributed by atoms with Crippen LogP contribution in [0.1, 0.15) is 11.5 Å². The molecule has 0 saturated carbocycles. The van der Waals surface area contributed by atoms with Gasteiger partial charge >= 0.3 is 0 Å². The van der Waals surface area contributed by atoms with Gasteiger partial charge in [0.1, 0.15) is 17.4 Å². The Morgan fingerprint density at radius 1 is 1.11 bits per heavy atom. The van der Waals surface area contributed by atoms with Crippen LogP contribution in [0.25, 0.3) is 0 Å². The number of nitrogens with one attached hydrogen (secondary N) is 1. The van der Waals surface area contributed by atoms with Crippen LogP contribution in [0.2, 0.25) is 0 Å². The third kappa shape index (κ3) is 2.52. The summed E-state index contributed by atoms with van der Waals surface area (Å²) in [7, 11) is 0. The Hall–Kier alpha value is -2.10. The van der Waals surface area contributed by atoms with Gasteiger partial charge in [0.05, 0.1) is 6.61 Å². The van der Waals surface area contributed by atoms with E-state index >= 15 is 0 Å². The fourth-order valence-corrected chi connectivity index (χ4v) is 2.30. The molecular weight excluding hydrogens is 248 g/mol. The van der Waals surface area contributed by atoms with E-state index in [1.165, 1.54) is 12.1 Å². The third-order valence-electron chi connectivity index (χ3n) is 3.21. The first kappa shape index (κ1) is 12.0. The highest BCUT2D eigenvalue weighted by atomic mass is 19.1. The van der Waals surface area contributed by atoms with E-state index in [0.29, 0.717) is 18.8 Å². The van der Waals surface area contributed by atoms with Crippen LogP contribution in [0.5, 0.6) is 5.75 Å². The number of ether oxygens (including phenoxy) is 1. The van der Waals surface area contributed by atoms with Gasteiger partial charge in [-0.2, -0.15) is 0 Å². The summed E-state index contributed by atoms with van der Waals surface area (Å²) < 4.78 is 31.7. The standard InChI is InChI=1S/C15H13F2NO/c16-11-5-12(17)7-13(6-11)18-8-10-9-19-15-4-2-1-3-14(10)15/h1-7,10,18H,8-9H2. The zero-order chi connectivity index (χ0) is 13.2. The molecule has 0 amide bonds. The Bertz CT molecular complexity index is 580. The minimum atomic E-state index is -0.578. The van der Waals surface area contributed by atoms with Crippen molar-refractivity contribution < 1.29 is 13.5 Å². The molecule has 1 aliphatic rings. The summed E-state index contributed by atoms with van der Waals surface area (Å²) in [5, 5.41) is 3.05. The Morgan fingerprint density at radius 2 is 1.84 bits per heavy atom. The molecule has 0 radical (unpaired) electrons. The number of hydrogen-bond donors (Lipinski definition) is 1. The number of anilines is 1. The van der Waals surface area contributed by atoms with E-state index in [1.807, 2.05) is 24.3 Å². The minimum Gasteiger partial charge on any atom is -0.493 e. The second-order valence-electron chi connectivity index (χ2n) is 4.58. The first-order valence-electron chi connectivity index (χ1n) is 6.14. The van der Waals surface area contributed by atoms with E-state index in [0.717, 1.165) is 17.4 Å². The zero-order valence-corrected chi connectivity index (χ0v) is 10.2. The smallest absolute Gasteiger partial charge is 0.128 e. The van der Waals surface area contributed by atoms with Gasteiger partial charge in [-0.25, -0.2) is 8.78 Å². The van der Waals surface area contributed by atoms with Crippen LogP contribution in [0.3, 0.4) is 0 Å². The van der Waals surface area contributed by atoms with Crippen molar-refractivity contribution in [3.05, 3.63) is 59.7 Å². The maximum absolute atomic E-state index is 13.1. The van der Waals surface area contributed by atoms with Crippen LogP contribution in [-0.4, -0.2) is 13.2 Å². The fraction of sp³-hybridized carbons (Fsp3) is 0.200. The van der Waals surface area contributed by atoms with Gasteiger partial charge in [0.2, 0.25) is 0 Å². The highest BCUT2D eigenvalue weighted by Gasteiger charge is 2.23. The van der Waals surface area contributed by atoms with Crippen molar-refractivity contribution in [1.29, 1.82) is 0 Å². The molecule has 0 bridgehead atoms. The Morgan fingerprint density at radius 3 is 2.63 bits per heavy atom. The maximum Gasteiger partial charge on any atom is 0.128 e. The zero-order valence-electron chi connectivity index (χ0n) is 10.2. The highest BCUT2D eigenvalue weighted by molar-refractivity contribution is 5.46. The molecule has 3 rings (SSSR count). The van der Waals surface area contributed by atoms with E-state index in [4.69, 9.17) is 4.74 Å². The second kappa shape index (κ2) is 4.88. The molecule has 0 aromatic heterocycles. The van der Waals surface area contributed by atoms with Crippen LogP contribution in [0, 0.1) is 11.6 Å². The first-order valence-corrected chi connectivity index (χ1v) is 6.14. The second-order valence-corrected chi connectivity index (χ2v) is 4.58. The quantitative estimate of drug-likeness (QED) is 0.912. The molecule has 2 nitrogen and oxygen atoms in total. The minimum absolute atomic E-state index is 0.197. The van der Waals surface area contributed by atoms with Gasteiger partial charge in [0, 0.05) is 29.8 Å². The fourth-order valence-electron chi connectivity index (χ4n) is 2.30. The van der Waals surface area contributed by atoms with Gasteiger partial charge in [-0.1, -0.05) is 18.2 Å². The molecular formula is C15H13F2NO. The number of para-hydroxylation sites is 1. The number of hydrogen-bond acceptors (Lipinski definition) is 2. The number of rotatable bonds is 3. The molecule has 0 saturated heterocycles. The molecule has 1 atom stereocenters. The third-order valence-corrected chi connectivity index (χ3v) is 3.21. The molecule has 0 fully saturated rings. The van der Waals surface area contributed by atoms with Crippen molar-refractivity contribution in [1.82, 2.24) is 0 Å². The average molecular weight is 261 g/mol. The summed E-state index contributed by atoms with van der Waals surface area (Å²) in [6.45, 7) is 1.17. The molecule has 19 heavy (non-hydrogen) atoms. The molecule has 1 N–H and O–H groups in total. The van der Waals surface area contributed by atoms with Crippen molar-refractivity contribution >= 4 is 5.69 Å². The van der Waals surface area contributed by atoms with Crippen LogP contribution < -0.4 is 10.1 Å². The largest absolute Gasteiger partial charge is 0.493 e. The molecule has 1 aliphatic heterocycles. The van der Waals surface area contributed by atoms with Crippen LogP contribution >= 0.6 is 0 Å². The number of halogens is 2. The molecule has 0 spiro atoms. The average Bonchev–Trinajstić information content (AvgIpc) is 2.78. The maximum atomic E-state index is 13.1. The van der Waals surface area contributed by atoms with Gasteiger partial charge in [-0.3, -0.25) is 0 Å². The number of benzene rings is 2. The Balaban J connectivity index is 1.70. The predicted molar refractivity (Wildman–Crippen MR) is 69.5 cm³/mol. The summed E-state index contributed by atoms with van der Waals surface area (Å²) in [5.74, 6) is -0.0709. The van der Waals surface area contributed by atoms with E-state index in [1.54, 1.807) is 0 Å². The van der Waals surface area contributed by atoms with Crippen molar-refractivity contribution in [2.75, 3.05) is 18.5 Å². The van der Waals surface area contributed by atoms with Gasteiger partial charge in [-0.15, -0.1) is 0 Å². The van der Waals surface area contributed by atoms with Crippen molar-refractivity contribution in [3.8, 4) is 5.75 Å². The van der Waals surface area contributed by atoms with E-state index in [9.17, 15) is 8.78 Å². The molecule has 98 valence electrons. The summed E-state index contributed by atoms with van der Waals surface area (Å²) >= 11 is 0. The van der Waals surface area contributed by atoms with Crippen LogP contribution in [0.15, 0.2) is 42.5 Å². The molecule has 1 heterocycles. The highest BCUT2D eigenvalue weighted by Crippen LogP contribution is 2.33. The lowest BCUT2D eigenvalue weighted by molar-refractivity contribution is 0.334. The Labute approximate surface area is 110 Å². The lowest BCUT2D eigenvalue weighted by Crippen LogP contribution is -2.14. The summed E-state index contributed by atoms with van der Waals surface area (Å²) in [6.07, 6.45) is 0. The van der Waals surface area contributed by atoms with Gasteiger partial charge in [0.15, 0.2) is 0 Å². The molecule has 0 aliphatic carbocycles. The van der Waals surface area contributed by atoms with Crippen molar-refractivity contribution in [3.63, 3.8) is 0 Å². The topological polar surface area (TPSA) is 21.3 Å². The summed E-state index contributed by atoms with van der Waals surface area (Å²) in [5.41, 5.74) is 1.58. The SMILES string of the molecule is Fc1cc(F)cc(NCC2COc3ccccc32)c1. The van der Waals surface area contributed by atoms with Crippen LogP contribution in [0.4, 0.5) is 14.5 Å². The summed E-state index contributed by atoms with van der Waals surface area (Å²) in [6, 6.07) is 11.3. The van der Waals surface area contributed by atoms with E-state index in [-0.39, 0.29) is 5.92 Å². The van der Waals surface area contributed by atoms with E-state index in [2.05, 4.69) is 5.32 Å². The van der Waals surface area contributed by atoms with Gasteiger partial charge in [0.25, 0.3) is 0 Å². The van der Waals surface area contributed by atoms with E-state index < -0.39 is 11.6 Å². The molecule has 2 aromatic rings. The van der Waals surface area contributed by atoms with Gasteiger partial charge in [-0.05, 0) is 18.2 Å². The van der Waals surface area contributed by atoms with Crippen LogP contribution in [-0.2, 0) is 0 Å². The number of fused-ring (bicyclic) bond motifs is 1.